The summed E-state index contributed by atoms with van der Waals surface area (Å²) in [7, 11) is 0. The summed E-state index contributed by atoms with van der Waals surface area (Å²) in [5, 5.41) is 4.11. The van der Waals surface area contributed by atoms with E-state index in [1.165, 1.54) is 0 Å². The van der Waals surface area contributed by atoms with Crippen molar-refractivity contribution in [3.63, 3.8) is 0 Å². The maximum absolute atomic E-state index is 6.31. The van der Waals surface area contributed by atoms with E-state index in [9.17, 15) is 0 Å². The standard InChI is InChI=1S/C12H16ClN3O/c1-8-6-15-12-11(10(8)13)17-5-2-9-7-14-3-4-16(9)12/h6,9,14H,2-5,7H2,1H3/t9-/m1/s1. The number of hydrogen-bond acceptors (Lipinski definition) is 4. The molecule has 1 fully saturated rings. The minimum Gasteiger partial charge on any atom is -0.488 e. The van der Waals surface area contributed by atoms with Crippen LogP contribution in [0.15, 0.2) is 6.20 Å². The van der Waals surface area contributed by atoms with Gasteiger partial charge in [-0.3, -0.25) is 0 Å². The van der Waals surface area contributed by atoms with Crippen LogP contribution >= 0.6 is 11.6 Å². The highest BCUT2D eigenvalue weighted by molar-refractivity contribution is 6.33. The van der Waals surface area contributed by atoms with E-state index in [-0.39, 0.29) is 0 Å². The Kier molecular flexibility index (Phi) is 2.84. The molecule has 0 unspecified atom stereocenters. The third-order valence-electron chi connectivity index (χ3n) is 3.45. The van der Waals surface area contributed by atoms with Crippen molar-refractivity contribution in [2.45, 2.75) is 19.4 Å². The predicted molar refractivity (Wildman–Crippen MR) is 68.1 cm³/mol. The van der Waals surface area contributed by atoms with Crippen LogP contribution in [0.1, 0.15) is 12.0 Å². The molecule has 3 heterocycles. The topological polar surface area (TPSA) is 37.4 Å². The molecule has 0 bridgehead atoms. The second kappa shape index (κ2) is 4.35. The molecule has 3 rings (SSSR count). The van der Waals surface area contributed by atoms with Crippen LogP contribution in [0.3, 0.4) is 0 Å². The Morgan fingerprint density at radius 3 is 3.35 bits per heavy atom. The van der Waals surface area contributed by atoms with Gasteiger partial charge in [-0.25, -0.2) is 4.98 Å². The SMILES string of the molecule is Cc1cnc2c(c1Cl)OCC[C@@H]1CNCCN21. The van der Waals surface area contributed by atoms with Gasteiger partial charge in [0, 0.05) is 38.3 Å². The fourth-order valence-electron chi connectivity index (χ4n) is 2.48. The molecule has 1 saturated heterocycles. The second-order valence-electron chi connectivity index (χ2n) is 4.60. The maximum atomic E-state index is 6.31. The lowest BCUT2D eigenvalue weighted by atomic mass is 10.1. The lowest BCUT2D eigenvalue weighted by molar-refractivity contribution is 0.303. The Bertz CT molecular complexity index is 438. The maximum Gasteiger partial charge on any atom is 0.180 e. The van der Waals surface area contributed by atoms with Gasteiger partial charge in [-0.2, -0.15) is 0 Å². The highest BCUT2D eigenvalue weighted by Gasteiger charge is 2.30. The molecule has 0 saturated carbocycles. The van der Waals surface area contributed by atoms with Gasteiger partial charge in [-0.05, 0) is 12.5 Å². The highest BCUT2D eigenvalue weighted by Crippen LogP contribution is 2.39. The summed E-state index contributed by atoms with van der Waals surface area (Å²) >= 11 is 6.31. The molecule has 2 aliphatic rings. The van der Waals surface area contributed by atoms with Crippen molar-refractivity contribution in [3.05, 3.63) is 16.8 Å². The fourth-order valence-corrected chi connectivity index (χ4v) is 2.67. The molecule has 1 atom stereocenters. The van der Waals surface area contributed by atoms with Crippen molar-refractivity contribution < 1.29 is 4.74 Å². The van der Waals surface area contributed by atoms with E-state index in [4.69, 9.17) is 16.3 Å². The van der Waals surface area contributed by atoms with Gasteiger partial charge in [0.2, 0.25) is 0 Å². The van der Waals surface area contributed by atoms with Gasteiger partial charge in [0.1, 0.15) is 0 Å². The largest absolute Gasteiger partial charge is 0.488 e. The molecule has 0 spiro atoms. The van der Waals surface area contributed by atoms with E-state index < -0.39 is 0 Å². The van der Waals surface area contributed by atoms with Crippen LogP contribution in [0, 0.1) is 6.92 Å². The van der Waals surface area contributed by atoms with Crippen molar-refractivity contribution in [2.75, 3.05) is 31.1 Å². The van der Waals surface area contributed by atoms with E-state index in [0.29, 0.717) is 17.7 Å². The Morgan fingerprint density at radius 1 is 1.59 bits per heavy atom. The smallest absolute Gasteiger partial charge is 0.180 e. The van der Waals surface area contributed by atoms with Gasteiger partial charge in [0.25, 0.3) is 0 Å². The molecule has 1 aromatic heterocycles. The van der Waals surface area contributed by atoms with Crippen molar-refractivity contribution in [3.8, 4) is 5.75 Å². The molecule has 1 aromatic rings. The fraction of sp³-hybridized carbons (Fsp3) is 0.583. The van der Waals surface area contributed by atoms with Gasteiger partial charge < -0.3 is 15.0 Å². The highest BCUT2D eigenvalue weighted by atomic mass is 35.5. The van der Waals surface area contributed by atoms with E-state index >= 15 is 0 Å². The summed E-state index contributed by atoms with van der Waals surface area (Å²) in [5.41, 5.74) is 0.971. The van der Waals surface area contributed by atoms with Crippen molar-refractivity contribution >= 4 is 17.4 Å². The van der Waals surface area contributed by atoms with Crippen LogP contribution in [0.25, 0.3) is 0 Å². The molecule has 0 amide bonds. The normalized spacial score (nSPS) is 23.4. The van der Waals surface area contributed by atoms with Crippen LogP contribution in [0.4, 0.5) is 5.82 Å². The molecule has 4 nitrogen and oxygen atoms in total. The summed E-state index contributed by atoms with van der Waals surface area (Å²) in [5.74, 6) is 1.67. The zero-order valence-corrected chi connectivity index (χ0v) is 10.6. The number of anilines is 1. The molecule has 1 N–H and O–H groups in total. The number of fused-ring (bicyclic) bond motifs is 3. The molecule has 17 heavy (non-hydrogen) atoms. The molecule has 92 valence electrons. The second-order valence-corrected chi connectivity index (χ2v) is 4.97. The average Bonchev–Trinajstić information content (AvgIpc) is 2.54. The molecule has 0 aromatic carbocycles. The number of hydrogen-bond donors (Lipinski definition) is 1. The zero-order valence-electron chi connectivity index (χ0n) is 9.87. The van der Waals surface area contributed by atoms with E-state index in [0.717, 1.165) is 43.2 Å². The van der Waals surface area contributed by atoms with Gasteiger partial charge in [0.05, 0.1) is 11.6 Å². The Labute approximate surface area is 106 Å². The number of halogens is 1. The number of aromatic nitrogens is 1. The first-order valence-electron chi connectivity index (χ1n) is 6.02. The van der Waals surface area contributed by atoms with Crippen molar-refractivity contribution in [1.29, 1.82) is 0 Å². The van der Waals surface area contributed by atoms with Gasteiger partial charge in [0.15, 0.2) is 11.6 Å². The number of aryl methyl sites for hydroxylation is 1. The predicted octanol–water partition coefficient (Wildman–Crippen LogP) is 1.60. The first-order valence-corrected chi connectivity index (χ1v) is 6.40. The van der Waals surface area contributed by atoms with E-state index in [1.54, 1.807) is 0 Å². The third-order valence-corrected chi connectivity index (χ3v) is 3.92. The minimum atomic E-state index is 0.469. The Hall–Kier alpha value is -1.00. The first-order chi connectivity index (χ1) is 8.27. The first kappa shape index (κ1) is 11.1. The number of nitrogens with one attached hydrogen (secondary N) is 1. The molecule has 0 aliphatic carbocycles. The monoisotopic (exact) mass is 253 g/mol. The van der Waals surface area contributed by atoms with Gasteiger partial charge in [-0.1, -0.05) is 11.6 Å². The van der Waals surface area contributed by atoms with Gasteiger partial charge >= 0.3 is 0 Å². The summed E-state index contributed by atoms with van der Waals surface area (Å²) in [6.07, 6.45) is 2.84. The Balaban J connectivity index is 2.06. The summed E-state index contributed by atoms with van der Waals surface area (Å²) < 4.78 is 5.79. The van der Waals surface area contributed by atoms with E-state index in [2.05, 4.69) is 15.2 Å². The van der Waals surface area contributed by atoms with Crippen molar-refractivity contribution in [2.24, 2.45) is 0 Å². The lowest BCUT2D eigenvalue weighted by Gasteiger charge is -2.35. The molecular formula is C12H16ClN3O. The third kappa shape index (κ3) is 1.85. The molecule has 5 heteroatoms. The zero-order chi connectivity index (χ0) is 11.8. The summed E-state index contributed by atoms with van der Waals surface area (Å²) in [6, 6.07) is 0.469. The van der Waals surface area contributed by atoms with Crippen LogP contribution in [-0.4, -0.2) is 37.3 Å². The quantitative estimate of drug-likeness (QED) is 0.762. The number of rotatable bonds is 0. The van der Waals surface area contributed by atoms with Crippen LogP contribution < -0.4 is 15.0 Å². The van der Waals surface area contributed by atoms with Crippen LogP contribution in [0.2, 0.25) is 5.02 Å². The average molecular weight is 254 g/mol. The number of piperazine rings is 1. The van der Waals surface area contributed by atoms with Crippen molar-refractivity contribution in [1.82, 2.24) is 10.3 Å². The molecular weight excluding hydrogens is 238 g/mol. The van der Waals surface area contributed by atoms with Gasteiger partial charge in [-0.15, -0.1) is 0 Å². The summed E-state index contributed by atoms with van der Waals surface area (Å²) in [6.45, 7) is 5.62. The Morgan fingerprint density at radius 2 is 2.47 bits per heavy atom. The van der Waals surface area contributed by atoms with Crippen LogP contribution in [-0.2, 0) is 0 Å². The number of nitrogens with zero attached hydrogens (tertiary/aromatic N) is 2. The van der Waals surface area contributed by atoms with E-state index in [1.807, 2.05) is 13.1 Å². The minimum absolute atomic E-state index is 0.469. The molecule has 2 aliphatic heterocycles. The summed E-state index contributed by atoms with van der Waals surface area (Å²) in [4.78, 5) is 6.84. The number of ether oxygens (including phenoxy) is 1. The number of pyridine rings is 1. The van der Waals surface area contributed by atoms with Crippen LogP contribution in [0.5, 0.6) is 5.75 Å². The molecule has 0 radical (unpaired) electrons. The lowest BCUT2D eigenvalue weighted by Crippen LogP contribution is -2.51.